The summed E-state index contributed by atoms with van der Waals surface area (Å²) in [7, 11) is 0. The Morgan fingerprint density at radius 3 is 2.31 bits per heavy atom. The Balaban J connectivity index is 2.04. The predicted molar refractivity (Wildman–Crippen MR) is 121 cm³/mol. The number of fused-ring (bicyclic) bond motifs is 6. The third-order valence-corrected chi connectivity index (χ3v) is 5.73. The first-order chi connectivity index (χ1) is 16.5. The van der Waals surface area contributed by atoms with E-state index in [1.54, 1.807) is 13.8 Å². The number of nitrogen functional groups attached to an aromatic ring is 1. The third kappa shape index (κ3) is 6.14. The summed E-state index contributed by atoms with van der Waals surface area (Å²) in [4.78, 5) is 66.0. The van der Waals surface area contributed by atoms with E-state index >= 15 is 0 Å². The number of nitrogens with one attached hydrogen (secondary N) is 2. The number of carbonyl (C=O) groups excluding carboxylic acids is 4. The molecule has 0 aromatic heterocycles. The fraction of sp³-hybridized carbons (Fsp3) is 0.522. The third-order valence-electron chi connectivity index (χ3n) is 5.73. The number of hydrogen-bond donors (Lipinski definition) is 3. The number of benzene rings is 1. The van der Waals surface area contributed by atoms with Gasteiger partial charge < -0.3 is 20.6 Å². The van der Waals surface area contributed by atoms with Crippen molar-refractivity contribution in [2.75, 3.05) is 13.1 Å². The molecule has 1 aromatic rings. The molecule has 3 aliphatic heterocycles. The van der Waals surface area contributed by atoms with E-state index < -0.39 is 41.6 Å². The second kappa shape index (κ2) is 10.8. The van der Waals surface area contributed by atoms with Crippen LogP contribution >= 0.6 is 0 Å². The molecule has 3 fully saturated rings. The smallest absolute Gasteiger partial charge is 0.384 e. The van der Waals surface area contributed by atoms with Crippen LogP contribution in [-0.2, 0) is 33.7 Å². The van der Waals surface area contributed by atoms with E-state index in [4.69, 9.17) is 20.7 Å². The highest BCUT2D eigenvalue weighted by molar-refractivity contribution is 6.01. The summed E-state index contributed by atoms with van der Waals surface area (Å²) in [5, 5.41) is 11.7. The quantitative estimate of drug-likeness (QED) is 0.224. The van der Waals surface area contributed by atoms with Crippen molar-refractivity contribution < 1.29 is 38.5 Å². The van der Waals surface area contributed by atoms with Gasteiger partial charge >= 0.3 is 17.9 Å². The first kappa shape index (κ1) is 26.1. The SMILES string of the molecule is CC(=O)OOC(=O)C1OC2CCN(CC2)OC(=O)[C@]1(CC(C)C)NC(=O)c1ccc(C(=N)N)cc1. The maximum absolute atomic E-state index is 13.6. The van der Waals surface area contributed by atoms with Crippen LogP contribution in [0.2, 0.25) is 0 Å². The molecule has 12 nitrogen and oxygen atoms in total. The molecular weight excluding hydrogens is 460 g/mol. The van der Waals surface area contributed by atoms with Crippen LogP contribution in [0, 0.1) is 11.3 Å². The van der Waals surface area contributed by atoms with Crippen molar-refractivity contribution in [3.05, 3.63) is 35.4 Å². The molecule has 2 bridgehead atoms. The summed E-state index contributed by atoms with van der Waals surface area (Å²) in [5.41, 5.74) is 4.05. The number of hydrogen-bond acceptors (Lipinski definition) is 10. The molecule has 1 aromatic carbocycles. The minimum absolute atomic E-state index is 0.0382. The van der Waals surface area contributed by atoms with E-state index in [9.17, 15) is 19.2 Å². The summed E-state index contributed by atoms with van der Waals surface area (Å²) in [6, 6.07) is 5.86. The molecule has 190 valence electrons. The van der Waals surface area contributed by atoms with Crippen LogP contribution in [0.4, 0.5) is 0 Å². The Bertz CT molecular complexity index is 988. The fourth-order valence-electron chi connectivity index (χ4n) is 4.15. The molecule has 3 heterocycles. The normalized spacial score (nSPS) is 26.1. The molecule has 0 radical (unpaired) electrons. The highest BCUT2D eigenvalue weighted by atomic mass is 17.2. The Hall–Kier alpha value is -3.51. The van der Waals surface area contributed by atoms with E-state index in [1.165, 1.54) is 29.3 Å². The summed E-state index contributed by atoms with van der Waals surface area (Å²) >= 11 is 0. The second-order valence-electron chi connectivity index (χ2n) is 9.02. The standard InChI is InChI=1S/C23H30N4O8/c1-13(2)12-23(26-20(29)16-6-4-15(5-7-16)19(24)25)18(21(30)35-34-14(3)28)32-17-8-10-27(11-9-17)33-22(23)31/h4-7,13,17-18H,8-12H2,1-3H3,(H3,24,25)(H,26,29)/t18?,23-/m1/s1. The van der Waals surface area contributed by atoms with Crippen LogP contribution in [0.25, 0.3) is 0 Å². The van der Waals surface area contributed by atoms with Crippen LogP contribution in [-0.4, -0.2) is 65.6 Å². The lowest BCUT2D eigenvalue weighted by Gasteiger charge is -2.38. The van der Waals surface area contributed by atoms with Crippen molar-refractivity contribution in [1.29, 1.82) is 5.41 Å². The maximum Gasteiger partial charge on any atom is 0.387 e. The highest BCUT2D eigenvalue weighted by Gasteiger charge is 2.57. The highest BCUT2D eigenvalue weighted by Crippen LogP contribution is 2.32. The van der Waals surface area contributed by atoms with E-state index in [0.717, 1.165) is 6.92 Å². The first-order valence-electron chi connectivity index (χ1n) is 11.3. The zero-order valence-corrected chi connectivity index (χ0v) is 19.9. The number of amidine groups is 1. The first-order valence-corrected chi connectivity index (χ1v) is 11.3. The number of nitrogens with two attached hydrogens (primary N) is 1. The number of nitrogens with zero attached hydrogens (tertiary/aromatic N) is 1. The van der Waals surface area contributed by atoms with E-state index in [2.05, 4.69) is 15.1 Å². The average molecular weight is 491 g/mol. The van der Waals surface area contributed by atoms with Gasteiger partial charge in [0.25, 0.3) is 5.91 Å². The predicted octanol–water partition coefficient (Wildman–Crippen LogP) is 0.828. The number of piperidine rings is 1. The van der Waals surface area contributed by atoms with Crippen molar-refractivity contribution in [1.82, 2.24) is 10.4 Å². The topological polar surface area (TPSA) is 170 Å². The Kier molecular flexibility index (Phi) is 8.07. The lowest BCUT2D eigenvalue weighted by molar-refractivity contribution is -0.268. The van der Waals surface area contributed by atoms with Crippen molar-refractivity contribution in [2.24, 2.45) is 11.7 Å². The lowest BCUT2D eigenvalue weighted by Crippen LogP contribution is -2.66. The van der Waals surface area contributed by atoms with E-state index in [-0.39, 0.29) is 23.7 Å². The van der Waals surface area contributed by atoms with Gasteiger partial charge in [0.15, 0.2) is 11.6 Å². The summed E-state index contributed by atoms with van der Waals surface area (Å²) in [6.45, 7) is 5.44. The maximum atomic E-state index is 13.6. The molecule has 3 aliphatic rings. The van der Waals surface area contributed by atoms with Crippen molar-refractivity contribution >= 4 is 29.7 Å². The van der Waals surface area contributed by atoms with Gasteiger partial charge in [0, 0.05) is 31.1 Å². The van der Waals surface area contributed by atoms with Crippen LogP contribution in [0.3, 0.4) is 0 Å². The van der Waals surface area contributed by atoms with Gasteiger partial charge in [0.05, 0.1) is 6.10 Å². The Labute approximate surface area is 202 Å². The summed E-state index contributed by atoms with van der Waals surface area (Å²) < 4.78 is 6.07. The van der Waals surface area contributed by atoms with Gasteiger partial charge in [-0.1, -0.05) is 26.0 Å². The zero-order valence-electron chi connectivity index (χ0n) is 19.9. The van der Waals surface area contributed by atoms with Gasteiger partial charge in [0.1, 0.15) is 5.84 Å². The average Bonchev–Trinajstić information content (AvgIpc) is 2.88. The molecule has 0 aliphatic carbocycles. The van der Waals surface area contributed by atoms with E-state index in [1.807, 2.05) is 0 Å². The van der Waals surface area contributed by atoms with Crippen LogP contribution in [0.1, 0.15) is 56.0 Å². The van der Waals surface area contributed by atoms with Crippen molar-refractivity contribution in [2.45, 2.75) is 57.8 Å². The molecular formula is C23H30N4O8. The van der Waals surface area contributed by atoms with Gasteiger partial charge in [-0.15, -0.1) is 5.06 Å². The van der Waals surface area contributed by atoms with E-state index in [0.29, 0.717) is 31.5 Å². The fourth-order valence-corrected chi connectivity index (χ4v) is 4.15. The molecule has 1 unspecified atom stereocenters. The minimum atomic E-state index is -1.99. The van der Waals surface area contributed by atoms with Crippen LogP contribution in [0.15, 0.2) is 24.3 Å². The second-order valence-corrected chi connectivity index (χ2v) is 9.02. The van der Waals surface area contributed by atoms with Gasteiger partial charge in [0.2, 0.25) is 0 Å². The molecule has 0 spiro atoms. The number of carbonyl (C=O) groups is 4. The molecule has 4 rings (SSSR count). The molecule has 12 heteroatoms. The molecule has 3 saturated heterocycles. The minimum Gasteiger partial charge on any atom is -0.384 e. The Morgan fingerprint density at radius 2 is 1.77 bits per heavy atom. The molecule has 1 amide bonds. The largest absolute Gasteiger partial charge is 0.387 e. The Morgan fingerprint density at radius 1 is 1.17 bits per heavy atom. The number of amides is 1. The summed E-state index contributed by atoms with van der Waals surface area (Å²) in [5.74, 6) is -3.98. The zero-order chi connectivity index (χ0) is 25.8. The lowest BCUT2D eigenvalue weighted by atomic mass is 9.82. The van der Waals surface area contributed by atoms with Gasteiger partial charge in [-0.05, 0) is 37.3 Å². The number of ether oxygens (including phenoxy) is 1. The van der Waals surface area contributed by atoms with Crippen LogP contribution < -0.4 is 11.1 Å². The number of rotatable bonds is 6. The van der Waals surface area contributed by atoms with Gasteiger partial charge in [-0.25, -0.2) is 24.2 Å². The van der Waals surface area contributed by atoms with Gasteiger partial charge in [-0.3, -0.25) is 10.2 Å². The van der Waals surface area contributed by atoms with Gasteiger partial charge in [-0.2, -0.15) is 0 Å². The molecule has 35 heavy (non-hydrogen) atoms. The monoisotopic (exact) mass is 490 g/mol. The van der Waals surface area contributed by atoms with Crippen molar-refractivity contribution in [3.63, 3.8) is 0 Å². The summed E-state index contributed by atoms with van der Waals surface area (Å²) in [6.07, 6.45) is -1.16. The van der Waals surface area contributed by atoms with Crippen molar-refractivity contribution in [3.8, 4) is 0 Å². The number of hydroxylamine groups is 2. The molecule has 2 atom stereocenters. The van der Waals surface area contributed by atoms with Crippen LogP contribution in [0.5, 0.6) is 0 Å². The molecule has 0 saturated carbocycles. The molecule has 4 N–H and O–H groups in total.